The van der Waals surface area contributed by atoms with E-state index in [4.69, 9.17) is 13.9 Å². The van der Waals surface area contributed by atoms with Crippen molar-refractivity contribution < 1.29 is 23.1 Å². The average molecular weight is 623 g/mol. The van der Waals surface area contributed by atoms with E-state index in [9.17, 15) is 10.1 Å². The summed E-state index contributed by atoms with van der Waals surface area (Å²) in [5, 5.41) is 10.2. The number of piperidine rings is 1. The zero-order valence-corrected chi connectivity index (χ0v) is 28.6. The summed E-state index contributed by atoms with van der Waals surface area (Å²) < 4.78 is 34.1. The molecule has 1 fully saturated rings. The number of hydrogen-bond acceptors (Lipinski definition) is 7. The molecule has 1 aliphatic rings. The number of H-pyrrole nitrogens is 1. The predicted octanol–water partition coefficient (Wildman–Crippen LogP) is 7.72. The van der Waals surface area contributed by atoms with Gasteiger partial charge >= 0.3 is 5.97 Å². The second-order valence-corrected chi connectivity index (χ2v) is 18.2. The number of benzene rings is 2. The number of hydrogen-bond donors (Lipinski definition) is 1. The molecular weight excluding hydrogens is 575 g/mol. The van der Waals surface area contributed by atoms with Gasteiger partial charge in [0.2, 0.25) is 0 Å². The number of esters is 1. The van der Waals surface area contributed by atoms with Gasteiger partial charge in [0.05, 0.1) is 31.5 Å². The molecule has 3 aromatic rings. The first-order valence-electron chi connectivity index (χ1n) is 15.4. The molecule has 1 N–H and O–H groups in total. The Kier molecular flexibility index (Phi) is 10.1. The van der Waals surface area contributed by atoms with E-state index in [2.05, 4.69) is 49.8 Å². The Bertz CT molecular complexity index is 1530. The third kappa shape index (κ3) is 6.65. The number of fused-ring (bicyclic) bond motifs is 1. The van der Waals surface area contributed by atoms with E-state index in [1.54, 1.807) is 36.3 Å². The Hall–Kier alpha value is -3.39. The van der Waals surface area contributed by atoms with Crippen molar-refractivity contribution in [2.75, 3.05) is 45.4 Å². The minimum absolute atomic E-state index is 0.0162. The Balaban J connectivity index is 1.65. The molecule has 1 aromatic heterocycles. The number of nitrogens with zero attached hydrogens (tertiary/aromatic N) is 3. The second-order valence-electron chi connectivity index (χ2n) is 13.4. The minimum atomic E-state index is -1.80. The summed E-state index contributed by atoms with van der Waals surface area (Å²) in [4.78, 5) is 20.6. The normalized spacial score (nSPS) is 15.0. The predicted molar refractivity (Wildman–Crippen MR) is 176 cm³/mol. The first-order chi connectivity index (χ1) is 20.7. The Morgan fingerprint density at radius 3 is 2.43 bits per heavy atom. The Morgan fingerprint density at radius 2 is 1.86 bits per heavy atom. The highest BCUT2D eigenvalue weighted by Crippen LogP contribution is 2.43. The lowest BCUT2D eigenvalue weighted by atomic mass is 9.87. The van der Waals surface area contributed by atoms with Crippen LogP contribution >= 0.6 is 0 Å². The van der Waals surface area contributed by atoms with Crippen LogP contribution in [-0.4, -0.2) is 70.7 Å². The zero-order chi connectivity index (χ0) is 32.4. The largest absolute Gasteiger partial charge is 0.496 e. The number of likely N-dealkylation sites (tertiary alicyclic amines) is 1. The van der Waals surface area contributed by atoms with Crippen molar-refractivity contribution in [3.8, 4) is 11.8 Å². The van der Waals surface area contributed by atoms with Gasteiger partial charge in [0.15, 0.2) is 14.1 Å². The number of nitrogens with one attached hydrogen (secondary N) is 1. The van der Waals surface area contributed by atoms with E-state index in [1.807, 2.05) is 19.9 Å². The van der Waals surface area contributed by atoms with Gasteiger partial charge in [-0.25, -0.2) is 9.18 Å². The van der Waals surface area contributed by atoms with Gasteiger partial charge in [-0.05, 0) is 88.1 Å². The van der Waals surface area contributed by atoms with Gasteiger partial charge in [0, 0.05) is 35.7 Å². The number of nitriles is 1. The number of rotatable bonds is 10. The van der Waals surface area contributed by atoms with E-state index in [1.165, 1.54) is 7.11 Å². The van der Waals surface area contributed by atoms with Gasteiger partial charge < -0.3 is 28.7 Å². The molecule has 238 valence electrons. The first-order valence-corrected chi connectivity index (χ1v) is 18.3. The molecule has 0 atom stereocenters. The number of ether oxygens (including phenoxy) is 2. The molecule has 1 saturated heterocycles. The molecule has 0 saturated carbocycles. The lowest BCUT2D eigenvalue weighted by Gasteiger charge is -2.38. The van der Waals surface area contributed by atoms with Crippen molar-refractivity contribution in [3.63, 3.8) is 0 Å². The average Bonchev–Trinajstić information content (AvgIpc) is 3.35. The molecule has 10 heteroatoms. The van der Waals surface area contributed by atoms with Crippen LogP contribution in [0.1, 0.15) is 74.9 Å². The fourth-order valence-corrected chi connectivity index (χ4v) is 6.83. The highest BCUT2D eigenvalue weighted by Gasteiger charge is 2.37. The monoisotopic (exact) mass is 622 g/mol. The summed E-state index contributed by atoms with van der Waals surface area (Å²) in [6.45, 7) is 18.5. The fraction of sp³-hybridized carbons (Fsp3) is 0.529. The van der Waals surface area contributed by atoms with Gasteiger partial charge in [0.25, 0.3) is 0 Å². The molecule has 4 rings (SSSR count). The Morgan fingerprint density at radius 1 is 1.18 bits per heavy atom. The standard InChI is InChI=1S/C34H47FN4O4Si/c1-22(2)39(32-30(33(40)42-7)25-11-10-23(21-36)20-26(25)37-32)27-12-13-28(41-6)29(31(27)35)24-14-16-38(17-15-24)18-19-43-44(8,9)34(3,4)5/h10-13,20,22,24,37H,14-19H2,1-9H3. The summed E-state index contributed by atoms with van der Waals surface area (Å²) in [7, 11) is 1.10. The molecule has 0 aliphatic carbocycles. The van der Waals surface area contributed by atoms with Gasteiger partial charge in [-0.1, -0.05) is 26.8 Å². The number of aromatic nitrogens is 1. The van der Waals surface area contributed by atoms with E-state index in [0.29, 0.717) is 51.5 Å². The summed E-state index contributed by atoms with van der Waals surface area (Å²) >= 11 is 0. The van der Waals surface area contributed by atoms with Gasteiger partial charge in [-0.15, -0.1) is 0 Å². The first kappa shape index (κ1) is 33.5. The maximum absolute atomic E-state index is 16.8. The fourth-order valence-electron chi connectivity index (χ4n) is 5.80. The van der Waals surface area contributed by atoms with Crippen LogP contribution in [-0.2, 0) is 9.16 Å². The molecule has 44 heavy (non-hydrogen) atoms. The molecule has 0 unspecified atom stereocenters. The third-order valence-electron chi connectivity index (χ3n) is 9.33. The van der Waals surface area contributed by atoms with Gasteiger partial charge in [-0.2, -0.15) is 5.26 Å². The molecule has 0 spiro atoms. The lowest BCUT2D eigenvalue weighted by Crippen LogP contribution is -2.43. The smallest absolute Gasteiger partial charge is 0.342 e. The lowest BCUT2D eigenvalue weighted by molar-refractivity contribution is 0.0603. The summed E-state index contributed by atoms with van der Waals surface area (Å²) in [6, 6.07) is 10.5. The molecule has 0 radical (unpaired) electrons. The van der Waals surface area contributed by atoms with Crippen molar-refractivity contribution in [1.29, 1.82) is 5.26 Å². The number of carbonyl (C=O) groups excluding carboxylic acids is 1. The quantitative estimate of drug-likeness (QED) is 0.183. The molecule has 2 heterocycles. The molecule has 0 bridgehead atoms. The zero-order valence-electron chi connectivity index (χ0n) is 27.6. The van der Waals surface area contributed by atoms with Gasteiger partial charge in [0.1, 0.15) is 17.1 Å². The van der Waals surface area contributed by atoms with Crippen molar-refractivity contribution >= 4 is 36.7 Å². The van der Waals surface area contributed by atoms with Crippen molar-refractivity contribution in [3.05, 3.63) is 52.8 Å². The third-order valence-corrected chi connectivity index (χ3v) is 13.9. The topological polar surface area (TPSA) is 90.8 Å². The number of halogens is 1. The van der Waals surface area contributed by atoms with Crippen LogP contribution in [0.2, 0.25) is 18.1 Å². The van der Waals surface area contributed by atoms with Crippen molar-refractivity contribution in [2.24, 2.45) is 0 Å². The van der Waals surface area contributed by atoms with E-state index in [-0.39, 0.29) is 22.8 Å². The van der Waals surface area contributed by atoms with Crippen LogP contribution < -0.4 is 9.64 Å². The minimum Gasteiger partial charge on any atom is -0.496 e. The van der Waals surface area contributed by atoms with E-state index >= 15 is 4.39 Å². The summed E-state index contributed by atoms with van der Waals surface area (Å²) in [6.07, 6.45) is 1.60. The molecule has 2 aromatic carbocycles. The number of anilines is 2. The molecule has 8 nitrogen and oxygen atoms in total. The second kappa shape index (κ2) is 13.3. The molecule has 0 amide bonds. The van der Waals surface area contributed by atoms with Crippen LogP contribution in [0.15, 0.2) is 30.3 Å². The number of carbonyl (C=O) groups is 1. The highest BCUT2D eigenvalue weighted by atomic mass is 28.4. The van der Waals surface area contributed by atoms with Crippen LogP contribution in [0.4, 0.5) is 15.9 Å². The van der Waals surface area contributed by atoms with Gasteiger partial charge in [-0.3, -0.25) is 0 Å². The van der Waals surface area contributed by atoms with E-state index < -0.39 is 14.3 Å². The molecular formula is C34H47FN4O4Si. The Labute approximate surface area is 262 Å². The van der Waals surface area contributed by atoms with Crippen LogP contribution in [0, 0.1) is 17.1 Å². The van der Waals surface area contributed by atoms with Crippen molar-refractivity contribution in [1.82, 2.24) is 9.88 Å². The molecule has 1 aliphatic heterocycles. The summed E-state index contributed by atoms with van der Waals surface area (Å²) in [5.74, 6) is 0.0322. The maximum Gasteiger partial charge on any atom is 0.342 e. The van der Waals surface area contributed by atoms with Crippen LogP contribution in [0.5, 0.6) is 5.75 Å². The maximum atomic E-state index is 16.8. The van der Waals surface area contributed by atoms with Crippen molar-refractivity contribution in [2.45, 2.75) is 77.6 Å². The van der Waals surface area contributed by atoms with Crippen LogP contribution in [0.25, 0.3) is 10.9 Å². The van der Waals surface area contributed by atoms with E-state index in [0.717, 1.165) is 32.5 Å². The number of methoxy groups -OCH3 is 2. The number of aromatic amines is 1. The SMILES string of the molecule is COC(=O)c1c(N(c2ccc(OC)c(C3CCN(CCO[Si](C)(C)C(C)(C)C)CC3)c2F)C(C)C)[nH]c2cc(C#N)ccc12. The van der Waals surface area contributed by atoms with Crippen LogP contribution in [0.3, 0.4) is 0 Å². The summed E-state index contributed by atoms with van der Waals surface area (Å²) in [5.41, 5.74) is 2.26. The highest BCUT2D eigenvalue weighted by molar-refractivity contribution is 6.74.